The number of nitrogens with zero attached hydrogens (tertiary/aromatic N) is 1. The summed E-state index contributed by atoms with van der Waals surface area (Å²) in [6.45, 7) is 0. The zero-order valence-corrected chi connectivity index (χ0v) is 9.51. The van der Waals surface area contributed by atoms with E-state index in [4.69, 9.17) is 11.6 Å². The number of rotatable bonds is 3. The standard InChI is InChI=1S/C8H4BrClFNO3/c9-5-1-4(12(14)15)2-6(11)8(5)7(13)3-10/h1-2H,3H2. The summed E-state index contributed by atoms with van der Waals surface area (Å²) in [5.41, 5.74) is -0.693. The molecule has 1 aromatic rings. The van der Waals surface area contributed by atoms with Crippen molar-refractivity contribution < 1.29 is 14.1 Å². The van der Waals surface area contributed by atoms with Gasteiger partial charge in [0, 0.05) is 10.5 Å². The minimum atomic E-state index is -0.957. The van der Waals surface area contributed by atoms with Crippen molar-refractivity contribution in [2.24, 2.45) is 0 Å². The van der Waals surface area contributed by atoms with E-state index in [2.05, 4.69) is 15.9 Å². The molecule has 80 valence electrons. The summed E-state index contributed by atoms with van der Waals surface area (Å²) in [7, 11) is 0. The Morgan fingerprint density at radius 3 is 2.60 bits per heavy atom. The lowest BCUT2D eigenvalue weighted by atomic mass is 10.1. The molecule has 0 fully saturated rings. The molecule has 1 rings (SSSR count). The van der Waals surface area contributed by atoms with E-state index >= 15 is 0 Å². The summed E-state index contributed by atoms with van der Waals surface area (Å²) in [4.78, 5) is 20.8. The first-order valence-electron chi connectivity index (χ1n) is 3.70. The molecule has 0 aliphatic carbocycles. The molecule has 1 aromatic carbocycles. The van der Waals surface area contributed by atoms with Crippen LogP contribution in [0.5, 0.6) is 0 Å². The van der Waals surface area contributed by atoms with Gasteiger partial charge >= 0.3 is 0 Å². The molecular weight excluding hydrogens is 292 g/mol. The maximum atomic E-state index is 13.3. The van der Waals surface area contributed by atoms with E-state index in [0.29, 0.717) is 6.07 Å². The SMILES string of the molecule is O=C(CCl)c1c(F)cc([N+](=O)[O-])cc1Br. The molecule has 7 heteroatoms. The maximum absolute atomic E-state index is 13.3. The van der Waals surface area contributed by atoms with Gasteiger partial charge in [-0.3, -0.25) is 14.9 Å². The summed E-state index contributed by atoms with van der Waals surface area (Å²) in [6, 6.07) is 1.74. The molecule has 0 unspecified atom stereocenters. The van der Waals surface area contributed by atoms with E-state index in [1.165, 1.54) is 0 Å². The molecule has 0 aliphatic heterocycles. The average Bonchev–Trinajstić information content (AvgIpc) is 2.16. The second-order valence-electron chi connectivity index (χ2n) is 2.60. The number of benzene rings is 1. The van der Waals surface area contributed by atoms with Crippen LogP contribution in [0.3, 0.4) is 0 Å². The van der Waals surface area contributed by atoms with Crippen LogP contribution in [-0.4, -0.2) is 16.6 Å². The Morgan fingerprint density at radius 1 is 1.60 bits per heavy atom. The Morgan fingerprint density at radius 2 is 2.20 bits per heavy atom. The van der Waals surface area contributed by atoms with Crippen molar-refractivity contribution in [3.8, 4) is 0 Å². The molecule has 0 atom stereocenters. The maximum Gasteiger partial charge on any atom is 0.273 e. The van der Waals surface area contributed by atoms with Gasteiger partial charge in [0.1, 0.15) is 5.82 Å². The van der Waals surface area contributed by atoms with Crippen LogP contribution in [0.25, 0.3) is 0 Å². The molecule has 0 saturated heterocycles. The van der Waals surface area contributed by atoms with Crippen LogP contribution in [0.15, 0.2) is 16.6 Å². The normalized spacial score (nSPS) is 10.1. The molecule has 0 heterocycles. The van der Waals surface area contributed by atoms with Crippen LogP contribution in [0.2, 0.25) is 0 Å². The number of hydrogen-bond acceptors (Lipinski definition) is 3. The first-order chi connectivity index (χ1) is 6.97. The molecule has 0 amide bonds. The second kappa shape index (κ2) is 4.67. The minimum absolute atomic E-state index is 0.0276. The molecule has 4 nitrogen and oxygen atoms in total. The number of ketones is 1. The van der Waals surface area contributed by atoms with Crippen molar-refractivity contribution in [2.75, 3.05) is 5.88 Å². The zero-order chi connectivity index (χ0) is 11.6. The highest BCUT2D eigenvalue weighted by Crippen LogP contribution is 2.26. The number of alkyl halides is 1. The van der Waals surface area contributed by atoms with Crippen molar-refractivity contribution in [3.05, 3.63) is 38.1 Å². The largest absolute Gasteiger partial charge is 0.293 e. The van der Waals surface area contributed by atoms with E-state index in [1.54, 1.807) is 0 Å². The number of carbonyl (C=O) groups excluding carboxylic acids is 1. The third-order valence-corrected chi connectivity index (χ3v) is 2.51. The zero-order valence-electron chi connectivity index (χ0n) is 7.17. The lowest BCUT2D eigenvalue weighted by molar-refractivity contribution is -0.385. The summed E-state index contributed by atoms with van der Waals surface area (Å²) in [6.07, 6.45) is 0. The van der Waals surface area contributed by atoms with Gasteiger partial charge in [0.25, 0.3) is 5.69 Å². The van der Waals surface area contributed by atoms with Gasteiger partial charge in [-0.05, 0) is 15.9 Å². The van der Waals surface area contributed by atoms with Gasteiger partial charge in [-0.1, -0.05) is 0 Å². The Hall–Kier alpha value is -1.01. The highest BCUT2D eigenvalue weighted by atomic mass is 79.9. The van der Waals surface area contributed by atoms with Gasteiger partial charge < -0.3 is 0 Å². The van der Waals surface area contributed by atoms with E-state index < -0.39 is 22.2 Å². The van der Waals surface area contributed by atoms with Crippen molar-refractivity contribution in [1.29, 1.82) is 0 Å². The van der Waals surface area contributed by atoms with E-state index in [-0.39, 0.29) is 15.9 Å². The first-order valence-corrected chi connectivity index (χ1v) is 5.02. The predicted octanol–water partition coefficient (Wildman–Crippen LogP) is 2.92. The molecule has 0 spiro atoms. The second-order valence-corrected chi connectivity index (χ2v) is 3.72. The monoisotopic (exact) mass is 295 g/mol. The summed E-state index contributed by atoms with van der Waals surface area (Å²) in [5, 5.41) is 10.4. The van der Waals surface area contributed by atoms with E-state index in [0.717, 1.165) is 6.07 Å². The smallest absolute Gasteiger partial charge is 0.273 e. The highest BCUT2D eigenvalue weighted by Gasteiger charge is 2.19. The van der Waals surface area contributed by atoms with Crippen LogP contribution < -0.4 is 0 Å². The lowest BCUT2D eigenvalue weighted by Gasteiger charge is -2.02. The number of nitro benzene ring substituents is 1. The van der Waals surface area contributed by atoms with E-state index in [1.807, 2.05) is 0 Å². The van der Waals surface area contributed by atoms with Crippen LogP contribution in [0, 0.1) is 15.9 Å². The van der Waals surface area contributed by atoms with Gasteiger partial charge in [-0.15, -0.1) is 11.6 Å². The quantitative estimate of drug-likeness (QED) is 0.373. The molecular formula is C8H4BrClFNO3. The molecule has 0 N–H and O–H groups in total. The van der Waals surface area contributed by atoms with Gasteiger partial charge in [0.15, 0.2) is 5.78 Å². The van der Waals surface area contributed by atoms with Crippen molar-refractivity contribution in [1.82, 2.24) is 0 Å². The van der Waals surface area contributed by atoms with E-state index in [9.17, 15) is 19.3 Å². The lowest BCUT2D eigenvalue weighted by Crippen LogP contribution is -2.05. The van der Waals surface area contributed by atoms with Crippen molar-refractivity contribution in [3.63, 3.8) is 0 Å². The van der Waals surface area contributed by atoms with Crippen LogP contribution in [-0.2, 0) is 0 Å². The third kappa shape index (κ3) is 2.51. The van der Waals surface area contributed by atoms with Gasteiger partial charge in [-0.25, -0.2) is 4.39 Å². The highest BCUT2D eigenvalue weighted by molar-refractivity contribution is 9.10. The fraction of sp³-hybridized carbons (Fsp3) is 0.125. The molecule has 0 radical (unpaired) electrons. The number of non-ortho nitro benzene ring substituents is 1. The van der Waals surface area contributed by atoms with Crippen molar-refractivity contribution in [2.45, 2.75) is 0 Å². The minimum Gasteiger partial charge on any atom is -0.293 e. The number of carbonyl (C=O) groups is 1. The number of nitro groups is 1. The average molecular weight is 296 g/mol. The summed E-state index contributed by atoms with van der Waals surface area (Å²) in [5.74, 6) is -1.97. The predicted molar refractivity (Wildman–Crippen MR) is 55.8 cm³/mol. The Bertz CT molecular complexity index is 415. The number of Topliss-reactive ketones (excluding diaryl/α,β-unsaturated/α-hetero) is 1. The van der Waals surface area contributed by atoms with Crippen LogP contribution in [0.1, 0.15) is 10.4 Å². The van der Waals surface area contributed by atoms with Gasteiger partial charge in [0.05, 0.1) is 22.4 Å². The molecule has 0 bridgehead atoms. The molecule has 0 aromatic heterocycles. The third-order valence-electron chi connectivity index (χ3n) is 1.64. The Balaban J connectivity index is 3.33. The fourth-order valence-electron chi connectivity index (χ4n) is 0.998. The number of hydrogen-bond donors (Lipinski definition) is 0. The first kappa shape index (κ1) is 12.1. The molecule has 0 aliphatic rings. The van der Waals surface area contributed by atoms with Crippen LogP contribution >= 0.6 is 27.5 Å². The molecule has 15 heavy (non-hydrogen) atoms. The fourth-order valence-corrected chi connectivity index (χ4v) is 1.78. The molecule has 0 saturated carbocycles. The Labute approximate surface area is 97.3 Å². The van der Waals surface area contributed by atoms with Gasteiger partial charge in [-0.2, -0.15) is 0 Å². The summed E-state index contributed by atoms with van der Waals surface area (Å²) < 4.78 is 13.3. The summed E-state index contributed by atoms with van der Waals surface area (Å²) >= 11 is 8.15. The Kier molecular flexibility index (Phi) is 3.76. The van der Waals surface area contributed by atoms with Crippen molar-refractivity contribution >= 4 is 39.0 Å². The van der Waals surface area contributed by atoms with Gasteiger partial charge in [0.2, 0.25) is 0 Å². The van der Waals surface area contributed by atoms with Crippen LogP contribution in [0.4, 0.5) is 10.1 Å². The topological polar surface area (TPSA) is 60.2 Å². The number of halogens is 3.